The molecule has 3 aromatic rings. The van der Waals surface area contributed by atoms with E-state index in [1.807, 2.05) is 24.3 Å². The predicted molar refractivity (Wildman–Crippen MR) is 106 cm³/mol. The second kappa shape index (κ2) is 8.48. The van der Waals surface area contributed by atoms with E-state index in [0.29, 0.717) is 5.56 Å². The van der Waals surface area contributed by atoms with Crippen molar-refractivity contribution in [2.75, 3.05) is 7.11 Å². The number of unbranched alkanes of at least 4 members (excludes halogenated alkanes) is 2. The molecule has 0 spiro atoms. The van der Waals surface area contributed by atoms with Crippen molar-refractivity contribution in [1.82, 2.24) is 9.97 Å². The van der Waals surface area contributed by atoms with E-state index < -0.39 is 0 Å². The number of H-pyrrole nitrogens is 1. The van der Waals surface area contributed by atoms with E-state index in [1.54, 1.807) is 12.1 Å². The highest BCUT2D eigenvalue weighted by atomic mass is 16.5. The molecule has 134 valence electrons. The maximum absolute atomic E-state index is 11.7. The van der Waals surface area contributed by atoms with E-state index in [4.69, 9.17) is 9.72 Å². The fraction of sp³-hybridized carbons (Fsp3) is 0.273. The molecule has 4 nitrogen and oxygen atoms in total. The number of imidazole rings is 1. The molecule has 3 rings (SSSR count). The number of benzene rings is 2. The molecular formula is C22H24N2O2. The van der Waals surface area contributed by atoms with Gasteiger partial charge < -0.3 is 9.72 Å². The second-order valence-electron chi connectivity index (χ2n) is 6.35. The maximum Gasteiger partial charge on any atom is 0.337 e. The van der Waals surface area contributed by atoms with Gasteiger partial charge in [0.2, 0.25) is 0 Å². The SMILES string of the molecule is CCCCCC(=Cc1ccccc1)c1nc2ccc(C(=O)OC)cc2[nH]1. The van der Waals surface area contributed by atoms with Crippen LogP contribution >= 0.6 is 0 Å². The van der Waals surface area contributed by atoms with Crippen molar-refractivity contribution in [3.05, 3.63) is 65.5 Å². The van der Waals surface area contributed by atoms with Crippen LogP contribution in [0.1, 0.15) is 54.4 Å². The molecule has 0 unspecified atom stereocenters. The number of carbonyl (C=O) groups excluding carboxylic acids is 1. The normalized spacial score (nSPS) is 11.7. The maximum atomic E-state index is 11.7. The summed E-state index contributed by atoms with van der Waals surface area (Å²) in [6.45, 7) is 2.20. The van der Waals surface area contributed by atoms with E-state index in [1.165, 1.54) is 25.5 Å². The van der Waals surface area contributed by atoms with Gasteiger partial charge in [0.1, 0.15) is 5.82 Å². The number of aromatic amines is 1. The zero-order valence-corrected chi connectivity index (χ0v) is 15.3. The molecule has 1 heterocycles. The third-order valence-electron chi connectivity index (χ3n) is 4.40. The first kappa shape index (κ1) is 17.9. The van der Waals surface area contributed by atoms with Gasteiger partial charge in [0.25, 0.3) is 0 Å². The largest absolute Gasteiger partial charge is 0.465 e. The summed E-state index contributed by atoms with van der Waals surface area (Å²) in [6, 6.07) is 15.7. The van der Waals surface area contributed by atoms with Crippen LogP contribution in [0.4, 0.5) is 0 Å². The van der Waals surface area contributed by atoms with Gasteiger partial charge in [-0.3, -0.25) is 0 Å². The topological polar surface area (TPSA) is 55.0 Å². The third-order valence-corrected chi connectivity index (χ3v) is 4.40. The fourth-order valence-electron chi connectivity index (χ4n) is 2.98. The minimum Gasteiger partial charge on any atom is -0.465 e. The molecule has 0 fully saturated rings. The van der Waals surface area contributed by atoms with Crippen molar-refractivity contribution in [2.24, 2.45) is 0 Å². The lowest BCUT2D eigenvalue weighted by molar-refractivity contribution is 0.0601. The Kier molecular flexibility index (Phi) is 5.84. The highest BCUT2D eigenvalue weighted by Crippen LogP contribution is 2.25. The highest BCUT2D eigenvalue weighted by Gasteiger charge is 2.11. The number of methoxy groups -OCH3 is 1. The van der Waals surface area contributed by atoms with Gasteiger partial charge in [-0.25, -0.2) is 9.78 Å². The summed E-state index contributed by atoms with van der Waals surface area (Å²) in [5.41, 5.74) is 4.56. The average molecular weight is 348 g/mol. The van der Waals surface area contributed by atoms with E-state index in [0.717, 1.165) is 35.3 Å². The third kappa shape index (κ3) is 4.20. The molecule has 0 atom stereocenters. The van der Waals surface area contributed by atoms with Crippen molar-refractivity contribution in [3.63, 3.8) is 0 Å². The first-order valence-electron chi connectivity index (χ1n) is 9.05. The standard InChI is InChI=1S/C22H24N2O2/c1-3-4-6-11-17(14-16-9-7-5-8-10-16)21-23-19-13-12-18(22(25)26-2)15-20(19)24-21/h5,7-10,12-15H,3-4,6,11H2,1-2H3,(H,23,24). The average Bonchev–Trinajstić information content (AvgIpc) is 3.10. The number of hydrogen-bond acceptors (Lipinski definition) is 3. The van der Waals surface area contributed by atoms with Crippen LogP contribution in [0.2, 0.25) is 0 Å². The predicted octanol–water partition coefficient (Wildman–Crippen LogP) is 5.47. The van der Waals surface area contributed by atoms with Crippen molar-refractivity contribution in [1.29, 1.82) is 0 Å². The number of aromatic nitrogens is 2. The number of allylic oxidation sites excluding steroid dienone is 1. The van der Waals surface area contributed by atoms with E-state index in [2.05, 4.69) is 30.1 Å². The minimum absolute atomic E-state index is 0.342. The molecule has 0 amide bonds. The van der Waals surface area contributed by atoms with E-state index in [9.17, 15) is 4.79 Å². The molecule has 0 aliphatic heterocycles. The van der Waals surface area contributed by atoms with Crippen LogP contribution in [0.25, 0.3) is 22.7 Å². The highest BCUT2D eigenvalue weighted by molar-refractivity contribution is 5.94. The second-order valence-corrected chi connectivity index (χ2v) is 6.35. The Morgan fingerprint density at radius 1 is 1.15 bits per heavy atom. The number of esters is 1. The number of rotatable bonds is 7. The molecule has 0 saturated carbocycles. The summed E-state index contributed by atoms with van der Waals surface area (Å²) in [5, 5.41) is 0. The summed E-state index contributed by atoms with van der Waals surface area (Å²) >= 11 is 0. The first-order valence-corrected chi connectivity index (χ1v) is 9.05. The zero-order chi connectivity index (χ0) is 18.4. The Morgan fingerprint density at radius 2 is 1.96 bits per heavy atom. The lowest BCUT2D eigenvalue weighted by atomic mass is 10.0. The molecule has 0 saturated heterocycles. The molecule has 4 heteroatoms. The van der Waals surface area contributed by atoms with Crippen molar-refractivity contribution < 1.29 is 9.53 Å². The van der Waals surface area contributed by atoms with Crippen LogP contribution in [0.5, 0.6) is 0 Å². The quantitative estimate of drug-likeness (QED) is 0.455. The Morgan fingerprint density at radius 3 is 2.69 bits per heavy atom. The zero-order valence-electron chi connectivity index (χ0n) is 15.3. The molecule has 26 heavy (non-hydrogen) atoms. The summed E-state index contributed by atoms with van der Waals surface area (Å²) in [7, 11) is 1.39. The van der Waals surface area contributed by atoms with Gasteiger partial charge in [-0.05, 0) is 48.3 Å². The van der Waals surface area contributed by atoms with Gasteiger partial charge in [-0.2, -0.15) is 0 Å². The van der Waals surface area contributed by atoms with Crippen molar-refractivity contribution in [3.8, 4) is 0 Å². The van der Waals surface area contributed by atoms with Crippen LogP contribution in [0.15, 0.2) is 48.5 Å². The summed E-state index contributed by atoms with van der Waals surface area (Å²) in [5.74, 6) is 0.521. The fourth-order valence-corrected chi connectivity index (χ4v) is 2.98. The molecule has 0 bridgehead atoms. The molecule has 1 N–H and O–H groups in total. The van der Waals surface area contributed by atoms with Gasteiger partial charge in [0, 0.05) is 0 Å². The Hall–Kier alpha value is -2.88. The van der Waals surface area contributed by atoms with Crippen LogP contribution in [-0.4, -0.2) is 23.0 Å². The molecule has 0 radical (unpaired) electrons. The minimum atomic E-state index is -0.342. The lowest BCUT2D eigenvalue weighted by Crippen LogP contribution is -2.00. The molecule has 2 aromatic carbocycles. The van der Waals surface area contributed by atoms with Crippen LogP contribution in [0.3, 0.4) is 0 Å². The summed E-state index contributed by atoms with van der Waals surface area (Å²) in [4.78, 5) is 19.9. The number of nitrogens with one attached hydrogen (secondary N) is 1. The Balaban J connectivity index is 1.97. The van der Waals surface area contributed by atoms with Gasteiger partial charge >= 0.3 is 5.97 Å². The van der Waals surface area contributed by atoms with E-state index >= 15 is 0 Å². The first-order chi connectivity index (χ1) is 12.7. The van der Waals surface area contributed by atoms with Crippen molar-refractivity contribution >= 4 is 28.7 Å². The summed E-state index contributed by atoms with van der Waals surface area (Å²) < 4.78 is 4.80. The number of carbonyl (C=O) groups is 1. The van der Waals surface area contributed by atoms with Crippen LogP contribution in [-0.2, 0) is 4.74 Å². The van der Waals surface area contributed by atoms with Gasteiger partial charge in [-0.15, -0.1) is 0 Å². The molecule has 0 aliphatic rings. The Bertz CT molecular complexity index is 910. The molecule has 1 aromatic heterocycles. The van der Waals surface area contributed by atoms with Gasteiger partial charge in [-0.1, -0.05) is 50.1 Å². The van der Waals surface area contributed by atoms with Crippen molar-refractivity contribution in [2.45, 2.75) is 32.6 Å². The van der Waals surface area contributed by atoms with Gasteiger partial charge in [0.15, 0.2) is 0 Å². The monoisotopic (exact) mass is 348 g/mol. The lowest BCUT2D eigenvalue weighted by Gasteiger charge is -2.05. The van der Waals surface area contributed by atoms with E-state index in [-0.39, 0.29) is 5.97 Å². The van der Waals surface area contributed by atoms with Crippen LogP contribution < -0.4 is 0 Å². The van der Waals surface area contributed by atoms with Gasteiger partial charge in [0.05, 0.1) is 23.7 Å². The molecule has 0 aliphatic carbocycles. The number of ether oxygens (including phenoxy) is 1. The number of fused-ring (bicyclic) bond motifs is 1. The Labute approximate surface area is 153 Å². The number of hydrogen-bond donors (Lipinski definition) is 1. The molecular weight excluding hydrogens is 324 g/mol. The van der Waals surface area contributed by atoms with Crippen LogP contribution in [0, 0.1) is 0 Å². The number of nitrogens with zero attached hydrogens (tertiary/aromatic N) is 1. The summed E-state index contributed by atoms with van der Waals surface area (Å²) in [6.07, 6.45) is 6.65. The smallest absolute Gasteiger partial charge is 0.337 e.